The Balaban J connectivity index is 2.54. The molecule has 0 radical (unpaired) electrons. The van der Waals surface area contributed by atoms with E-state index in [0.29, 0.717) is 10.6 Å². The van der Waals surface area contributed by atoms with Gasteiger partial charge >= 0.3 is 0 Å². The van der Waals surface area contributed by atoms with E-state index in [4.69, 9.17) is 12.2 Å². The third kappa shape index (κ3) is 2.36. The quantitative estimate of drug-likeness (QED) is 0.792. The zero-order valence-electron chi connectivity index (χ0n) is 9.40. The van der Waals surface area contributed by atoms with Gasteiger partial charge in [-0.3, -0.25) is 0 Å². The maximum atomic E-state index is 5.18. The molecule has 0 amide bonds. The highest BCUT2D eigenvalue weighted by Crippen LogP contribution is 2.18. The Hall–Kier alpha value is -1.48. The van der Waals surface area contributed by atoms with Gasteiger partial charge in [0.25, 0.3) is 0 Å². The van der Waals surface area contributed by atoms with Crippen molar-refractivity contribution in [1.29, 1.82) is 0 Å². The Morgan fingerprint density at radius 1 is 1.19 bits per heavy atom. The first kappa shape index (κ1) is 11.0. The lowest BCUT2D eigenvalue weighted by Crippen LogP contribution is -1.97. The molecule has 0 bridgehead atoms. The van der Waals surface area contributed by atoms with E-state index in [0.717, 1.165) is 17.1 Å². The van der Waals surface area contributed by atoms with E-state index in [1.165, 1.54) is 0 Å². The number of hydrogen-bond donors (Lipinski definition) is 1. The van der Waals surface area contributed by atoms with Gasteiger partial charge in [0.05, 0.1) is 0 Å². The molecule has 0 aliphatic carbocycles. The average molecular weight is 230 g/mol. The summed E-state index contributed by atoms with van der Waals surface area (Å²) in [4.78, 5) is 7.67. The topological polar surface area (TPSA) is 28.7 Å². The van der Waals surface area contributed by atoms with Gasteiger partial charge in [0, 0.05) is 11.3 Å². The van der Waals surface area contributed by atoms with E-state index in [9.17, 15) is 0 Å². The second-order valence-electron chi connectivity index (χ2n) is 4.04. The maximum absolute atomic E-state index is 5.18. The monoisotopic (exact) mass is 230 g/mol. The molecular formula is C13H14N2S. The van der Waals surface area contributed by atoms with Crippen LogP contribution in [-0.2, 0) is 0 Å². The van der Waals surface area contributed by atoms with E-state index in [1.807, 2.05) is 36.4 Å². The van der Waals surface area contributed by atoms with Crippen LogP contribution < -0.4 is 0 Å². The minimum absolute atomic E-state index is 0.423. The summed E-state index contributed by atoms with van der Waals surface area (Å²) in [5.41, 5.74) is 2.19. The summed E-state index contributed by atoms with van der Waals surface area (Å²) >= 11 is 5.18. The first-order chi connectivity index (χ1) is 7.66. The molecule has 1 N–H and O–H groups in total. The molecule has 2 rings (SSSR count). The van der Waals surface area contributed by atoms with Crippen LogP contribution in [0.3, 0.4) is 0 Å². The molecule has 1 aromatic carbocycles. The Morgan fingerprint density at radius 3 is 2.50 bits per heavy atom. The lowest BCUT2D eigenvalue weighted by Gasteiger charge is -2.08. The molecule has 16 heavy (non-hydrogen) atoms. The molecular weight excluding hydrogens is 216 g/mol. The number of rotatable bonds is 2. The van der Waals surface area contributed by atoms with Gasteiger partial charge in [-0.1, -0.05) is 56.4 Å². The molecule has 0 unspecified atom stereocenters. The third-order valence-electron chi connectivity index (χ3n) is 2.43. The van der Waals surface area contributed by atoms with Gasteiger partial charge in [-0.25, -0.2) is 4.98 Å². The summed E-state index contributed by atoms with van der Waals surface area (Å²) in [6, 6.07) is 12.0. The third-order valence-corrected chi connectivity index (χ3v) is 2.64. The number of nitrogens with one attached hydrogen (secondary N) is 1. The average Bonchev–Trinajstić information content (AvgIpc) is 2.29. The zero-order valence-corrected chi connectivity index (χ0v) is 10.2. The van der Waals surface area contributed by atoms with Crippen molar-refractivity contribution in [2.75, 3.05) is 0 Å². The largest absolute Gasteiger partial charge is 0.343 e. The molecule has 0 spiro atoms. The summed E-state index contributed by atoms with van der Waals surface area (Å²) in [5.74, 6) is 1.27. The predicted molar refractivity (Wildman–Crippen MR) is 68.9 cm³/mol. The molecule has 0 saturated carbocycles. The Kier molecular flexibility index (Phi) is 3.15. The van der Waals surface area contributed by atoms with E-state index < -0.39 is 0 Å². The first-order valence-corrected chi connectivity index (χ1v) is 5.74. The molecule has 0 aliphatic heterocycles. The molecule has 2 nitrogen and oxygen atoms in total. The van der Waals surface area contributed by atoms with Crippen molar-refractivity contribution in [3.05, 3.63) is 46.7 Å². The second-order valence-corrected chi connectivity index (χ2v) is 4.46. The summed E-state index contributed by atoms with van der Waals surface area (Å²) < 4.78 is 0.640. The van der Waals surface area contributed by atoms with Crippen LogP contribution in [-0.4, -0.2) is 9.97 Å². The number of aromatic amines is 1. The zero-order chi connectivity index (χ0) is 11.5. The normalized spacial score (nSPS) is 10.7. The van der Waals surface area contributed by atoms with Crippen LogP contribution in [0.2, 0.25) is 0 Å². The van der Waals surface area contributed by atoms with Crippen LogP contribution >= 0.6 is 12.2 Å². The Labute approximate surface area is 100 Å². The van der Waals surface area contributed by atoms with Gasteiger partial charge in [-0.05, 0) is 12.0 Å². The first-order valence-electron chi connectivity index (χ1n) is 5.33. The highest BCUT2D eigenvalue weighted by Gasteiger charge is 2.04. The van der Waals surface area contributed by atoms with Gasteiger partial charge in [0.2, 0.25) is 0 Å². The van der Waals surface area contributed by atoms with Crippen LogP contribution in [0.15, 0.2) is 36.4 Å². The van der Waals surface area contributed by atoms with E-state index in [2.05, 4.69) is 23.8 Å². The summed E-state index contributed by atoms with van der Waals surface area (Å²) in [6.45, 7) is 4.27. The van der Waals surface area contributed by atoms with Crippen LogP contribution in [0.4, 0.5) is 0 Å². The smallest absolute Gasteiger partial charge is 0.139 e. The molecule has 1 heterocycles. The fourth-order valence-electron chi connectivity index (χ4n) is 1.52. The highest BCUT2D eigenvalue weighted by atomic mass is 32.1. The van der Waals surface area contributed by atoms with Crippen molar-refractivity contribution < 1.29 is 0 Å². The second kappa shape index (κ2) is 4.58. The van der Waals surface area contributed by atoms with E-state index >= 15 is 0 Å². The molecule has 0 aliphatic rings. The van der Waals surface area contributed by atoms with E-state index in [-0.39, 0.29) is 0 Å². The van der Waals surface area contributed by atoms with Crippen LogP contribution in [0.5, 0.6) is 0 Å². The van der Waals surface area contributed by atoms with Crippen molar-refractivity contribution in [2.24, 2.45) is 0 Å². The number of benzene rings is 1. The molecule has 1 aromatic heterocycles. The highest BCUT2D eigenvalue weighted by molar-refractivity contribution is 7.71. The number of aromatic nitrogens is 2. The van der Waals surface area contributed by atoms with Crippen LogP contribution in [0.25, 0.3) is 11.4 Å². The molecule has 82 valence electrons. The molecule has 3 heteroatoms. The maximum Gasteiger partial charge on any atom is 0.139 e. The Bertz CT molecular complexity index is 529. The fourth-order valence-corrected chi connectivity index (χ4v) is 1.74. The van der Waals surface area contributed by atoms with Crippen molar-refractivity contribution in [1.82, 2.24) is 9.97 Å². The Morgan fingerprint density at radius 2 is 1.88 bits per heavy atom. The summed E-state index contributed by atoms with van der Waals surface area (Å²) in [6.07, 6.45) is 0. The molecule has 0 saturated heterocycles. The number of H-pyrrole nitrogens is 1. The van der Waals surface area contributed by atoms with Gasteiger partial charge in [0.15, 0.2) is 0 Å². The fraction of sp³-hybridized carbons (Fsp3) is 0.231. The SMILES string of the molecule is CC(C)c1cc(=S)nc(-c2ccccc2)[nH]1. The summed E-state index contributed by atoms with van der Waals surface area (Å²) in [5, 5.41) is 0. The minimum Gasteiger partial charge on any atom is -0.343 e. The van der Waals surface area contributed by atoms with Crippen LogP contribution in [0.1, 0.15) is 25.5 Å². The minimum atomic E-state index is 0.423. The van der Waals surface area contributed by atoms with Crippen molar-refractivity contribution in [2.45, 2.75) is 19.8 Å². The van der Waals surface area contributed by atoms with Crippen molar-refractivity contribution in [3.63, 3.8) is 0 Å². The van der Waals surface area contributed by atoms with Gasteiger partial charge in [0.1, 0.15) is 10.5 Å². The van der Waals surface area contributed by atoms with Gasteiger partial charge < -0.3 is 4.98 Å². The predicted octanol–water partition coefficient (Wildman–Crippen LogP) is 3.93. The molecule has 0 fully saturated rings. The van der Waals surface area contributed by atoms with Gasteiger partial charge in [-0.15, -0.1) is 0 Å². The molecule has 2 aromatic rings. The lowest BCUT2D eigenvalue weighted by molar-refractivity contribution is 0.815. The standard InChI is InChI=1S/C13H14N2S/c1-9(2)11-8-12(16)15-13(14-11)10-6-4-3-5-7-10/h3-9H,1-2H3,(H,14,15,16). The number of hydrogen-bond acceptors (Lipinski definition) is 2. The lowest BCUT2D eigenvalue weighted by atomic mass is 10.1. The van der Waals surface area contributed by atoms with Crippen molar-refractivity contribution >= 4 is 12.2 Å². The van der Waals surface area contributed by atoms with Crippen LogP contribution in [0, 0.1) is 4.64 Å². The van der Waals surface area contributed by atoms with E-state index in [1.54, 1.807) is 0 Å². The van der Waals surface area contributed by atoms with Gasteiger partial charge in [-0.2, -0.15) is 0 Å². The number of nitrogens with zero attached hydrogens (tertiary/aromatic N) is 1. The molecule has 0 atom stereocenters. The van der Waals surface area contributed by atoms with Crippen molar-refractivity contribution in [3.8, 4) is 11.4 Å². The summed E-state index contributed by atoms with van der Waals surface area (Å²) in [7, 11) is 0.